The summed E-state index contributed by atoms with van der Waals surface area (Å²) in [7, 11) is 0. The monoisotopic (exact) mass is 259 g/mol. The summed E-state index contributed by atoms with van der Waals surface area (Å²) in [5.41, 5.74) is 1.32. The predicted molar refractivity (Wildman–Crippen MR) is 72.4 cm³/mol. The molecule has 0 saturated heterocycles. The molecule has 1 N–H and O–H groups in total. The van der Waals surface area contributed by atoms with E-state index in [2.05, 4.69) is 17.4 Å². The molecule has 0 spiro atoms. The summed E-state index contributed by atoms with van der Waals surface area (Å²) in [6.07, 6.45) is 6.87. The van der Waals surface area contributed by atoms with E-state index in [9.17, 15) is 0 Å². The molecule has 1 aliphatic carbocycles. The third-order valence-corrected chi connectivity index (χ3v) is 3.37. The van der Waals surface area contributed by atoms with Gasteiger partial charge in [0.1, 0.15) is 0 Å². The van der Waals surface area contributed by atoms with Crippen LogP contribution in [0, 0.1) is 0 Å². The molecule has 0 aromatic heterocycles. The zero-order valence-electron chi connectivity index (χ0n) is 9.42. The zero-order chi connectivity index (χ0) is 10.5. The minimum absolute atomic E-state index is 0. The van der Waals surface area contributed by atoms with Gasteiger partial charge in [0.2, 0.25) is 0 Å². The smallest absolute Gasteiger partial charge is 0.0406 e. The van der Waals surface area contributed by atoms with Crippen molar-refractivity contribution in [1.29, 1.82) is 0 Å². The highest BCUT2D eigenvalue weighted by Crippen LogP contribution is 2.18. The summed E-state index contributed by atoms with van der Waals surface area (Å²) in [5.74, 6) is 0. The maximum absolute atomic E-state index is 5.84. The summed E-state index contributed by atoms with van der Waals surface area (Å²) in [6, 6.07) is 8.84. The second-order valence-corrected chi connectivity index (χ2v) is 4.78. The van der Waals surface area contributed by atoms with Crippen LogP contribution in [-0.4, -0.2) is 6.04 Å². The standard InChI is InChI=1S/C13H18ClN.ClH/c14-12-8-6-11(7-9-12)10-15-13-4-2-1-3-5-13;/h6-9,13,15H,1-5,10H2;1H. The lowest BCUT2D eigenvalue weighted by molar-refractivity contribution is 0.372. The van der Waals surface area contributed by atoms with Crippen LogP contribution in [0.3, 0.4) is 0 Å². The summed E-state index contributed by atoms with van der Waals surface area (Å²) < 4.78 is 0. The first-order chi connectivity index (χ1) is 7.34. The third kappa shape index (κ3) is 4.32. The van der Waals surface area contributed by atoms with Crippen LogP contribution in [0.25, 0.3) is 0 Å². The number of hydrogen-bond donors (Lipinski definition) is 1. The molecule has 0 heterocycles. The van der Waals surface area contributed by atoms with Crippen LogP contribution >= 0.6 is 24.0 Å². The van der Waals surface area contributed by atoms with E-state index in [-0.39, 0.29) is 12.4 Å². The lowest BCUT2D eigenvalue weighted by Crippen LogP contribution is -2.30. The van der Waals surface area contributed by atoms with Crippen molar-refractivity contribution < 1.29 is 0 Å². The molecular formula is C13H19Cl2N. The van der Waals surface area contributed by atoms with Crippen LogP contribution in [-0.2, 0) is 6.54 Å². The van der Waals surface area contributed by atoms with E-state index < -0.39 is 0 Å². The SMILES string of the molecule is Cl.Clc1ccc(CNC2CCCCC2)cc1. The van der Waals surface area contributed by atoms with E-state index >= 15 is 0 Å². The van der Waals surface area contributed by atoms with E-state index in [0.29, 0.717) is 0 Å². The Labute approximate surface area is 109 Å². The molecule has 0 amide bonds. The number of nitrogens with one attached hydrogen (secondary N) is 1. The summed E-state index contributed by atoms with van der Waals surface area (Å²) in [6.45, 7) is 0.974. The quantitative estimate of drug-likeness (QED) is 0.859. The van der Waals surface area contributed by atoms with Crippen molar-refractivity contribution in [3.8, 4) is 0 Å². The normalized spacial score (nSPS) is 16.8. The first kappa shape index (κ1) is 13.8. The van der Waals surface area contributed by atoms with Crippen molar-refractivity contribution in [3.63, 3.8) is 0 Å². The van der Waals surface area contributed by atoms with Crippen LogP contribution in [0.4, 0.5) is 0 Å². The molecule has 1 nitrogen and oxygen atoms in total. The largest absolute Gasteiger partial charge is 0.310 e. The fraction of sp³-hybridized carbons (Fsp3) is 0.538. The van der Waals surface area contributed by atoms with Crippen molar-refractivity contribution in [2.24, 2.45) is 0 Å². The van der Waals surface area contributed by atoms with E-state index in [4.69, 9.17) is 11.6 Å². The second-order valence-electron chi connectivity index (χ2n) is 4.34. The summed E-state index contributed by atoms with van der Waals surface area (Å²) >= 11 is 5.84. The Kier molecular flexibility index (Phi) is 6.18. The minimum Gasteiger partial charge on any atom is -0.310 e. The molecule has 0 aliphatic heterocycles. The Morgan fingerprint density at radius 2 is 1.69 bits per heavy atom. The van der Waals surface area contributed by atoms with Gasteiger partial charge in [-0.25, -0.2) is 0 Å². The van der Waals surface area contributed by atoms with Crippen molar-refractivity contribution in [2.75, 3.05) is 0 Å². The molecule has 0 unspecified atom stereocenters. The van der Waals surface area contributed by atoms with Gasteiger partial charge in [0.25, 0.3) is 0 Å². The Morgan fingerprint density at radius 1 is 1.06 bits per heavy atom. The van der Waals surface area contributed by atoms with Gasteiger partial charge in [0.05, 0.1) is 0 Å². The van der Waals surface area contributed by atoms with Crippen LogP contribution in [0.1, 0.15) is 37.7 Å². The molecule has 0 radical (unpaired) electrons. The summed E-state index contributed by atoms with van der Waals surface area (Å²) in [5, 5.41) is 4.43. The number of halogens is 2. The molecular weight excluding hydrogens is 241 g/mol. The lowest BCUT2D eigenvalue weighted by Gasteiger charge is -2.22. The molecule has 1 aromatic carbocycles. The van der Waals surface area contributed by atoms with E-state index in [0.717, 1.165) is 17.6 Å². The molecule has 1 saturated carbocycles. The van der Waals surface area contributed by atoms with Gasteiger partial charge in [0.15, 0.2) is 0 Å². The Morgan fingerprint density at radius 3 is 2.31 bits per heavy atom. The first-order valence-corrected chi connectivity index (χ1v) is 6.20. The highest BCUT2D eigenvalue weighted by molar-refractivity contribution is 6.30. The van der Waals surface area contributed by atoms with Crippen LogP contribution in [0.5, 0.6) is 0 Å². The van der Waals surface area contributed by atoms with Gasteiger partial charge < -0.3 is 5.32 Å². The minimum atomic E-state index is 0. The maximum Gasteiger partial charge on any atom is 0.0406 e. The molecule has 1 aliphatic rings. The van der Waals surface area contributed by atoms with Gasteiger partial charge in [-0.15, -0.1) is 12.4 Å². The van der Waals surface area contributed by atoms with Gasteiger partial charge in [-0.1, -0.05) is 43.0 Å². The Hall–Kier alpha value is -0.240. The average Bonchev–Trinajstić information content (AvgIpc) is 2.30. The van der Waals surface area contributed by atoms with Gasteiger partial charge in [-0.05, 0) is 30.5 Å². The predicted octanol–water partition coefficient (Wildman–Crippen LogP) is 4.18. The van der Waals surface area contributed by atoms with Gasteiger partial charge in [-0.3, -0.25) is 0 Å². The number of benzene rings is 1. The van der Waals surface area contributed by atoms with Crippen LogP contribution in [0.2, 0.25) is 5.02 Å². The van der Waals surface area contributed by atoms with E-state index in [1.807, 2.05) is 12.1 Å². The third-order valence-electron chi connectivity index (χ3n) is 3.11. The number of rotatable bonds is 3. The highest BCUT2D eigenvalue weighted by atomic mass is 35.5. The van der Waals surface area contributed by atoms with Crippen LogP contribution < -0.4 is 5.32 Å². The Balaban J connectivity index is 0.00000128. The molecule has 3 heteroatoms. The van der Waals surface area contributed by atoms with Crippen LogP contribution in [0.15, 0.2) is 24.3 Å². The van der Waals surface area contributed by atoms with Crippen molar-refractivity contribution in [2.45, 2.75) is 44.7 Å². The fourth-order valence-corrected chi connectivity index (χ4v) is 2.30. The maximum atomic E-state index is 5.84. The summed E-state index contributed by atoms with van der Waals surface area (Å²) in [4.78, 5) is 0. The van der Waals surface area contributed by atoms with Crippen molar-refractivity contribution in [1.82, 2.24) is 5.32 Å². The molecule has 16 heavy (non-hydrogen) atoms. The van der Waals surface area contributed by atoms with Gasteiger partial charge >= 0.3 is 0 Å². The first-order valence-electron chi connectivity index (χ1n) is 5.82. The van der Waals surface area contributed by atoms with Gasteiger partial charge in [0, 0.05) is 17.6 Å². The molecule has 1 fully saturated rings. The molecule has 0 bridgehead atoms. The molecule has 1 aromatic rings. The average molecular weight is 260 g/mol. The fourth-order valence-electron chi connectivity index (χ4n) is 2.17. The topological polar surface area (TPSA) is 12.0 Å². The van der Waals surface area contributed by atoms with E-state index in [1.165, 1.54) is 37.7 Å². The zero-order valence-corrected chi connectivity index (χ0v) is 11.0. The van der Waals surface area contributed by atoms with Crippen molar-refractivity contribution in [3.05, 3.63) is 34.9 Å². The second kappa shape index (κ2) is 7.16. The Bertz CT molecular complexity index is 291. The van der Waals surface area contributed by atoms with Gasteiger partial charge in [-0.2, -0.15) is 0 Å². The van der Waals surface area contributed by atoms with Crippen molar-refractivity contribution >= 4 is 24.0 Å². The highest BCUT2D eigenvalue weighted by Gasteiger charge is 2.11. The number of hydrogen-bond acceptors (Lipinski definition) is 1. The lowest BCUT2D eigenvalue weighted by atomic mass is 9.95. The van der Waals surface area contributed by atoms with E-state index in [1.54, 1.807) is 0 Å². The molecule has 0 atom stereocenters. The molecule has 2 rings (SSSR count). The molecule has 90 valence electrons.